The average molecular weight is 206 g/mol. The highest BCUT2D eigenvalue weighted by molar-refractivity contribution is 5.18. The normalized spacial score (nSPS) is 19.7. The number of halogens is 3. The molecule has 0 spiro atoms. The van der Waals surface area contributed by atoms with Crippen molar-refractivity contribution in [1.29, 1.82) is 0 Å². The van der Waals surface area contributed by atoms with Gasteiger partial charge in [-0.15, -0.1) is 0 Å². The molecule has 0 bridgehead atoms. The molecule has 1 aliphatic rings. The number of hydrogen-bond donors (Lipinski definition) is 1. The number of rotatable bonds is 2. The van der Waals surface area contributed by atoms with Crippen LogP contribution in [0, 0.1) is 0 Å². The summed E-state index contributed by atoms with van der Waals surface area (Å²) >= 11 is 0. The summed E-state index contributed by atoms with van der Waals surface area (Å²) < 4.78 is 41.3. The van der Waals surface area contributed by atoms with Crippen molar-refractivity contribution in [3.8, 4) is 0 Å². The summed E-state index contributed by atoms with van der Waals surface area (Å²) in [4.78, 5) is 3.41. The van der Waals surface area contributed by atoms with Crippen LogP contribution in [-0.4, -0.2) is 11.5 Å². The smallest absolute Gasteiger partial charge is 0.436 e. The molecular weight excluding hydrogens is 197 g/mol. The van der Waals surface area contributed by atoms with Gasteiger partial charge in [-0.2, -0.15) is 13.2 Å². The van der Waals surface area contributed by atoms with Crippen molar-refractivity contribution in [2.24, 2.45) is 5.73 Å². The fraction of sp³-hybridized carbons (Fsp3) is 0.625. The van der Waals surface area contributed by atoms with Gasteiger partial charge in [-0.3, -0.25) is 0 Å². The molecule has 1 saturated carbocycles. The van der Waals surface area contributed by atoms with Crippen LogP contribution in [0.25, 0.3) is 0 Å². The molecule has 0 saturated heterocycles. The van der Waals surface area contributed by atoms with Crippen molar-refractivity contribution in [3.63, 3.8) is 0 Å². The van der Waals surface area contributed by atoms with Crippen LogP contribution in [0.3, 0.4) is 0 Å². The lowest BCUT2D eigenvalue weighted by molar-refractivity contribution is -0.141. The fourth-order valence-corrected chi connectivity index (χ4v) is 1.30. The second-order valence-corrected chi connectivity index (χ2v) is 3.52. The molecule has 0 unspecified atom stereocenters. The molecule has 0 radical (unpaired) electrons. The molecule has 2 N–H and O–H groups in total. The topological polar surface area (TPSA) is 52.0 Å². The first kappa shape index (κ1) is 9.51. The Hall–Kier alpha value is -1.04. The SMILES string of the molecule is NCC1(c2nc(C(F)(F)F)co2)CC1. The second-order valence-electron chi connectivity index (χ2n) is 3.52. The summed E-state index contributed by atoms with van der Waals surface area (Å²) in [7, 11) is 0. The van der Waals surface area contributed by atoms with Crippen LogP contribution in [0.2, 0.25) is 0 Å². The summed E-state index contributed by atoms with van der Waals surface area (Å²) in [6.45, 7) is 0.283. The highest BCUT2D eigenvalue weighted by atomic mass is 19.4. The Bertz CT molecular complexity index is 341. The van der Waals surface area contributed by atoms with Gasteiger partial charge in [0.1, 0.15) is 6.26 Å². The van der Waals surface area contributed by atoms with E-state index in [1.54, 1.807) is 0 Å². The molecule has 1 aromatic heterocycles. The van der Waals surface area contributed by atoms with Crippen LogP contribution in [0.5, 0.6) is 0 Å². The zero-order valence-corrected chi connectivity index (χ0v) is 7.27. The van der Waals surface area contributed by atoms with Gasteiger partial charge < -0.3 is 10.2 Å². The largest absolute Gasteiger partial charge is 0.448 e. The Morgan fingerprint density at radius 2 is 2.14 bits per heavy atom. The lowest BCUT2D eigenvalue weighted by Gasteiger charge is -2.05. The highest BCUT2D eigenvalue weighted by Gasteiger charge is 2.48. The van der Waals surface area contributed by atoms with Crippen molar-refractivity contribution < 1.29 is 17.6 Å². The zero-order valence-electron chi connectivity index (χ0n) is 7.27. The molecule has 3 nitrogen and oxygen atoms in total. The van der Waals surface area contributed by atoms with E-state index >= 15 is 0 Å². The Kier molecular flexibility index (Phi) is 1.85. The van der Waals surface area contributed by atoms with Gasteiger partial charge in [-0.05, 0) is 12.8 Å². The number of nitrogens with zero attached hydrogens (tertiary/aromatic N) is 1. The van der Waals surface area contributed by atoms with E-state index in [0.717, 1.165) is 12.8 Å². The molecular formula is C8H9F3N2O. The molecule has 2 rings (SSSR count). The molecule has 1 aromatic rings. The molecule has 0 aliphatic heterocycles. The van der Waals surface area contributed by atoms with Crippen molar-refractivity contribution >= 4 is 0 Å². The van der Waals surface area contributed by atoms with Crippen LogP contribution in [0.1, 0.15) is 24.4 Å². The Labute approximate surface area is 78.1 Å². The quantitative estimate of drug-likeness (QED) is 0.800. The number of hydrogen-bond acceptors (Lipinski definition) is 3. The molecule has 78 valence electrons. The van der Waals surface area contributed by atoms with Crippen molar-refractivity contribution in [3.05, 3.63) is 17.8 Å². The summed E-state index contributed by atoms with van der Waals surface area (Å²) in [5.74, 6) is 0.118. The van der Waals surface area contributed by atoms with Crippen LogP contribution in [-0.2, 0) is 11.6 Å². The lowest BCUT2D eigenvalue weighted by atomic mass is 10.1. The summed E-state index contributed by atoms with van der Waals surface area (Å²) in [5, 5.41) is 0. The van der Waals surface area contributed by atoms with E-state index in [0.29, 0.717) is 6.26 Å². The standard InChI is InChI=1S/C8H9F3N2O/c9-8(10,11)5-3-14-6(13-5)7(4-12)1-2-7/h3H,1-2,4,12H2. The van der Waals surface area contributed by atoms with Gasteiger partial charge in [0.25, 0.3) is 0 Å². The molecule has 6 heteroatoms. The van der Waals surface area contributed by atoms with E-state index in [-0.39, 0.29) is 12.4 Å². The summed E-state index contributed by atoms with van der Waals surface area (Å²) in [5.41, 5.74) is 4.03. The summed E-state index contributed by atoms with van der Waals surface area (Å²) in [6, 6.07) is 0. The first-order valence-electron chi connectivity index (χ1n) is 4.21. The minimum Gasteiger partial charge on any atom is -0.448 e. The Morgan fingerprint density at radius 3 is 2.50 bits per heavy atom. The van der Waals surface area contributed by atoms with Crippen LogP contribution >= 0.6 is 0 Å². The third-order valence-electron chi connectivity index (χ3n) is 2.49. The molecule has 0 amide bonds. The highest BCUT2D eigenvalue weighted by Crippen LogP contribution is 2.47. The van der Waals surface area contributed by atoms with Gasteiger partial charge in [0, 0.05) is 6.54 Å². The van der Waals surface area contributed by atoms with E-state index in [1.807, 2.05) is 0 Å². The second kappa shape index (κ2) is 2.73. The van der Waals surface area contributed by atoms with E-state index in [2.05, 4.69) is 4.98 Å². The van der Waals surface area contributed by atoms with Gasteiger partial charge in [-0.1, -0.05) is 0 Å². The maximum Gasteiger partial charge on any atom is 0.436 e. The Morgan fingerprint density at radius 1 is 1.50 bits per heavy atom. The Balaban J connectivity index is 2.27. The third-order valence-corrected chi connectivity index (χ3v) is 2.49. The van der Waals surface area contributed by atoms with E-state index in [1.165, 1.54) is 0 Å². The number of nitrogens with two attached hydrogens (primary N) is 1. The predicted octanol–water partition coefficient (Wildman–Crippen LogP) is 1.68. The lowest BCUT2D eigenvalue weighted by Crippen LogP contribution is -2.20. The maximum atomic E-state index is 12.2. The van der Waals surface area contributed by atoms with Gasteiger partial charge in [0.05, 0.1) is 5.41 Å². The van der Waals surface area contributed by atoms with Crippen molar-refractivity contribution in [1.82, 2.24) is 4.98 Å². The number of alkyl halides is 3. The number of oxazole rings is 1. The van der Waals surface area contributed by atoms with Gasteiger partial charge in [-0.25, -0.2) is 4.98 Å². The van der Waals surface area contributed by atoms with Crippen LogP contribution in [0.4, 0.5) is 13.2 Å². The van der Waals surface area contributed by atoms with E-state index in [9.17, 15) is 13.2 Å². The van der Waals surface area contributed by atoms with Crippen LogP contribution < -0.4 is 5.73 Å². The van der Waals surface area contributed by atoms with Gasteiger partial charge in [0.2, 0.25) is 5.89 Å². The van der Waals surface area contributed by atoms with Crippen LogP contribution in [0.15, 0.2) is 10.7 Å². The predicted molar refractivity (Wildman–Crippen MR) is 41.5 cm³/mol. The van der Waals surface area contributed by atoms with E-state index < -0.39 is 17.3 Å². The zero-order chi connectivity index (χ0) is 10.4. The minimum atomic E-state index is -4.44. The number of aromatic nitrogens is 1. The third kappa shape index (κ3) is 1.39. The molecule has 0 atom stereocenters. The molecule has 0 aromatic carbocycles. The monoisotopic (exact) mass is 206 g/mol. The molecule has 1 aliphatic carbocycles. The molecule has 1 heterocycles. The van der Waals surface area contributed by atoms with Gasteiger partial charge in [0.15, 0.2) is 5.69 Å². The van der Waals surface area contributed by atoms with Crippen molar-refractivity contribution in [2.45, 2.75) is 24.4 Å². The average Bonchev–Trinajstić information content (AvgIpc) is 2.73. The molecule has 1 fully saturated rings. The summed E-state index contributed by atoms with van der Waals surface area (Å²) in [6.07, 6.45) is -2.29. The van der Waals surface area contributed by atoms with Gasteiger partial charge >= 0.3 is 6.18 Å². The first-order chi connectivity index (χ1) is 6.48. The first-order valence-corrected chi connectivity index (χ1v) is 4.21. The minimum absolute atomic E-state index is 0.118. The van der Waals surface area contributed by atoms with E-state index in [4.69, 9.17) is 10.2 Å². The fourth-order valence-electron chi connectivity index (χ4n) is 1.30. The molecule has 14 heavy (non-hydrogen) atoms. The van der Waals surface area contributed by atoms with Crippen molar-refractivity contribution in [2.75, 3.05) is 6.54 Å². The maximum absolute atomic E-state index is 12.2.